The Balaban J connectivity index is 1.62. The van der Waals surface area contributed by atoms with Gasteiger partial charge >= 0.3 is 0 Å². The molecule has 0 aliphatic rings. The maximum atomic E-state index is 12.2. The third-order valence-corrected chi connectivity index (χ3v) is 4.12. The number of carbonyl (C=O) groups is 1. The van der Waals surface area contributed by atoms with Gasteiger partial charge in [0.2, 0.25) is 5.95 Å². The smallest absolute Gasteiger partial charge is 0.254 e. The van der Waals surface area contributed by atoms with E-state index in [0.717, 1.165) is 22.4 Å². The number of hydrogen-bond acceptors (Lipinski definition) is 4. The van der Waals surface area contributed by atoms with Crippen LogP contribution < -0.4 is 10.6 Å². The number of benzene rings is 2. The molecule has 1 aromatic heterocycles. The van der Waals surface area contributed by atoms with E-state index in [1.54, 1.807) is 6.07 Å². The minimum Gasteiger partial charge on any atom is -0.348 e. The molecule has 3 rings (SSSR count). The molecule has 0 saturated heterocycles. The van der Waals surface area contributed by atoms with E-state index in [-0.39, 0.29) is 5.91 Å². The molecule has 6 heteroatoms. The molecule has 0 bridgehead atoms. The number of aryl methyl sites for hydroxylation is 2. The number of amides is 1. The lowest BCUT2D eigenvalue weighted by Gasteiger charge is -2.09. The Bertz CT molecular complexity index is 925. The Labute approximate surface area is 157 Å². The highest BCUT2D eigenvalue weighted by Gasteiger charge is 2.08. The molecule has 0 atom stereocenters. The van der Waals surface area contributed by atoms with E-state index in [1.807, 2.05) is 50.2 Å². The van der Waals surface area contributed by atoms with Gasteiger partial charge in [-0.1, -0.05) is 41.4 Å². The predicted molar refractivity (Wildman–Crippen MR) is 104 cm³/mol. The summed E-state index contributed by atoms with van der Waals surface area (Å²) in [6.07, 6.45) is 3.01. The molecule has 2 aromatic carbocycles. The second-order valence-corrected chi connectivity index (χ2v) is 6.49. The summed E-state index contributed by atoms with van der Waals surface area (Å²) in [7, 11) is 0. The Kier molecular flexibility index (Phi) is 5.49. The van der Waals surface area contributed by atoms with Crippen LogP contribution in [0.3, 0.4) is 0 Å². The fourth-order valence-corrected chi connectivity index (χ4v) is 2.73. The van der Waals surface area contributed by atoms with Crippen molar-refractivity contribution in [1.29, 1.82) is 0 Å². The molecule has 0 fully saturated rings. The topological polar surface area (TPSA) is 66.9 Å². The third kappa shape index (κ3) is 4.58. The van der Waals surface area contributed by atoms with Crippen LogP contribution in [0.1, 0.15) is 27.0 Å². The second-order valence-electron chi connectivity index (χ2n) is 6.05. The van der Waals surface area contributed by atoms with Gasteiger partial charge in [-0.2, -0.15) is 0 Å². The summed E-state index contributed by atoms with van der Waals surface area (Å²) in [6, 6.07) is 13.5. The monoisotopic (exact) mass is 366 g/mol. The molecule has 0 aliphatic carbocycles. The van der Waals surface area contributed by atoms with Gasteiger partial charge in [-0.05, 0) is 43.2 Å². The summed E-state index contributed by atoms with van der Waals surface area (Å²) in [5.41, 5.74) is 4.48. The van der Waals surface area contributed by atoms with Gasteiger partial charge in [0.1, 0.15) is 0 Å². The van der Waals surface area contributed by atoms with Crippen molar-refractivity contribution in [3.8, 4) is 0 Å². The Morgan fingerprint density at radius 3 is 2.54 bits per heavy atom. The normalized spacial score (nSPS) is 10.4. The largest absolute Gasteiger partial charge is 0.348 e. The Morgan fingerprint density at radius 2 is 1.85 bits per heavy atom. The molecule has 1 heterocycles. The van der Waals surface area contributed by atoms with E-state index >= 15 is 0 Å². The van der Waals surface area contributed by atoms with Crippen molar-refractivity contribution in [2.24, 2.45) is 0 Å². The summed E-state index contributed by atoms with van der Waals surface area (Å²) in [6.45, 7) is 4.43. The highest BCUT2D eigenvalue weighted by Crippen LogP contribution is 2.21. The molecule has 0 saturated carbocycles. The molecule has 0 unspecified atom stereocenters. The average molecular weight is 367 g/mol. The van der Waals surface area contributed by atoms with Gasteiger partial charge in [0.05, 0.1) is 5.56 Å². The van der Waals surface area contributed by atoms with Crippen LogP contribution in [0, 0.1) is 13.8 Å². The summed E-state index contributed by atoms with van der Waals surface area (Å²) in [5, 5.41) is 6.67. The second kappa shape index (κ2) is 7.97. The first-order valence-corrected chi connectivity index (χ1v) is 8.58. The number of halogens is 1. The Morgan fingerprint density at radius 1 is 1.08 bits per heavy atom. The van der Waals surface area contributed by atoms with Gasteiger partial charge in [0.15, 0.2) is 0 Å². The first kappa shape index (κ1) is 17.9. The molecule has 5 nitrogen and oxygen atoms in total. The van der Waals surface area contributed by atoms with E-state index in [2.05, 4.69) is 20.6 Å². The number of aromatic nitrogens is 2. The number of hydrogen-bond donors (Lipinski definition) is 2. The SMILES string of the molecule is Cc1cccc(CNC(=O)c2cnc(Nc3ccc(Cl)cc3C)nc2)c1. The fraction of sp³-hybridized carbons (Fsp3) is 0.150. The lowest BCUT2D eigenvalue weighted by molar-refractivity contribution is 0.0950. The van der Waals surface area contributed by atoms with Gasteiger partial charge in [-0.15, -0.1) is 0 Å². The van der Waals surface area contributed by atoms with Crippen molar-refractivity contribution < 1.29 is 4.79 Å². The average Bonchev–Trinajstić information content (AvgIpc) is 2.63. The number of anilines is 2. The van der Waals surface area contributed by atoms with Crippen LogP contribution in [0.25, 0.3) is 0 Å². The summed E-state index contributed by atoms with van der Waals surface area (Å²) >= 11 is 5.95. The summed E-state index contributed by atoms with van der Waals surface area (Å²) < 4.78 is 0. The van der Waals surface area contributed by atoms with E-state index in [1.165, 1.54) is 12.4 Å². The van der Waals surface area contributed by atoms with Gasteiger partial charge in [0, 0.05) is 29.6 Å². The molecule has 3 aromatic rings. The zero-order valence-electron chi connectivity index (χ0n) is 14.6. The van der Waals surface area contributed by atoms with Gasteiger partial charge in [0.25, 0.3) is 5.91 Å². The number of rotatable bonds is 5. The minimum absolute atomic E-state index is 0.208. The molecule has 26 heavy (non-hydrogen) atoms. The molecule has 132 valence electrons. The zero-order valence-corrected chi connectivity index (χ0v) is 15.3. The molecule has 0 aliphatic heterocycles. The first-order chi connectivity index (χ1) is 12.5. The maximum Gasteiger partial charge on any atom is 0.254 e. The van der Waals surface area contributed by atoms with Crippen LogP contribution in [0.2, 0.25) is 5.02 Å². The number of nitrogens with zero attached hydrogens (tertiary/aromatic N) is 2. The molecule has 1 amide bonds. The van der Waals surface area contributed by atoms with Gasteiger partial charge in [-0.25, -0.2) is 9.97 Å². The lowest BCUT2D eigenvalue weighted by Crippen LogP contribution is -2.23. The van der Waals surface area contributed by atoms with Crippen molar-refractivity contribution in [3.63, 3.8) is 0 Å². The van der Waals surface area contributed by atoms with Gasteiger partial charge in [-0.3, -0.25) is 4.79 Å². The van der Waals surface area contributed by atoms with Crippen LogP contribution in [-0.4, -0.2) is 15.9 Å². The molecular formula is C20H19ClN4O. The van der Waals surface area contributed by atoms with E-state index in [9.17, 15) is 4.79 Å². The van der Waals surface area contributed by atoms with Crippen molar-refractivity contribution in [3.05, 3.63) is 82.1 Å². The van der Waals surface area contributed by atoms with Gasteiger partial charge < -0.3 is 10.6 Å². The van der Waals surface area contributed by atoms with E-state index in [4.69, 9.17) is 11.6 Å². The summed E-state index contributed by atoms with van der Waals surface area (Å²) in [4.78, 5) is 20.7. The Hall–Kier alpha value is -2.92. The standard InChI is InChI=1S/C20H19ClN4O/c1-13-4-3-5-15(8-13)10-22-19(26)16-11-23-20(24-12-16)25-18-7-6-17(21)9-14(18)2/h3-9,11-12H,10H2,1-2H3,(H,22,26)(H,23,24,25). The minimum atomic E-state index is -0.208. The van der Waals surface area contributed by atoms with Crippen LogP contribution >= 0.6 is 11.6 Å². The quantitative estimate of drug-likeness (QED) is 0.701. The van der Waals surface area contributed by atoms with Crippen molar-refractivity contribution in [1.82, 2.24) is 15.3 Å². The van der Waals surface area contributed by atoms with Crippen molar-refractivity contribution in [2.75, 3.05) is 5.32 Å². The molecule has 0 radical (unpaired) electrons. The van der Waals surface area contributed by atoms with E-state index in [0.29, 0.717) is 23.1 Å². The fourth-order valence-electron chi connectivity index (χ4n) is 2.50. The van der Waals surface area contributed by atoms with Crippen molar-refractivity contribution in [2.45, 2.75) is 20.4 Å². The third-order valence-electron chi connectivity index (χ3n) is 3.88. The van der Waals surface area contributed by atoms with Crippen LogP contribution in [0.4, 0.5) is 11.6 Å². The maximum absolute atomic E-state index is 12.2. The predicted octanol–water partition coefficient (Wildman–Crippen LogP) is 4.42. The van der Waals surface area contributed by atoms with Crippen LogP contribution in [-0.2, 0) is 6.54 Å². The number of carbonyl (C=O) groups excluding carboxylic acids is 1. The molecule has 0 spiro atoms. The summed E-state index contributed by atoms with van der Waals surface area (Å²) in [5.74, 6) is 0.214. The molecule has 2 N–H and O–H groups in total. The van der Waals surface area contributed by atoms with E-state index < -0.39 is 0 Å². The van der Waals surface area contributed by atoms with Crippen LogP contribution in [0.5, 0.6) is 0 Å². The zero-order chi connectivity index (χ0) is 18.5. The highest BCUT2D eigenvalue weighted by atomic mass is 35.5. The number of nitrogens with one attached hydrogen (secondary N) is 2. The highest BCUT2D eigenvalue weighted by molar-refractivity contribution is 6.30. The lowest BCUT2D eigenvalue weighted by atomic mass is 10.1. The first-order valence-electron chi connectivity index (χ1n) is 8.20. The van der Waals surface area contributed by atoms with Crippen LogP contribution in [0.15, 0.2) is 54.9 Å². The van der Waals surface area contributed by atoms with Crippen molar-refractivity contribution >= 4 is 29.1 Å². The molecular weight excluding hydrogens is 348 g/mol.